The first kappa shape index (κ1) is 13.6. The molecule has 0 unspecified atom stereocenters. The number of thioether (sulfide) groups is 1. The highest BCUT2D eigenvalue weighted by atomic mass is 35.5. The highest BCUT2D eigenvalue weighted by Gasteiger charge is 2.17. The quantitative estimate of drug-likeness (QED) is 0.616. The van der Waals surface area contributed by atoms with Crippen molar-refractivity contribution in [3.63, 3.8) is 0 Å². The summed E-state index contributed by atoms with van der Waals surface area (Å²) in [5.74, 6) is 0.101. The van der Waals surface area contributed by atoms with Crippen LogP contribution in [0, 0.1) is 6.92 Å². The lowest BCUT2D eigenvalue weighted by Crippen LogP contribution is -2.13. The van der Waals surface area contributed by atoms with E-state index in [4.69, 9.17) is 11.6 Å². The van der Waals surface area contributed by atoms with Crippen LogP contribution in [-0.2, 0) is 0 Å². The van der Waals surface area contributed by atoms with Gasteiger partial charge in [0, 0.05) is 21.7 Å². The molecule has 2 aromatic rings. The lowest BCUT2D eigenvalue weighted by atomic mass is 10.1. The summed E-state index contributed by atoms with van der Waals surface area (Å²) < 4.78 is 0.933. The summed E-state index contributed by atoms with van der Waals surface area (Å²) in [5, 5.41) is 2.49. The Morgan fingerprint density at radius 1 is 1.39 bits per heavy atom. The maximum absolute atomic E-state index is 12.2. The molecule has 1 heterocycles. The summed E-state index contributed by atoms with van der Waals surface area (Å²) in [6.07, 6.45) is 0. The molecule has 0 spiro atoms. The normalized spacial score (nSPS) is 12.4. The van der Waals surface area contributed by atoms with Crippen molar-refractivity contribution in [1.82, 2.24) is 4.98 Å². The number of rotatable bonds is 4. The number of thiazole rings is 1. The van der Waals surface area contributed by atoms with Crippen molar-refractivity contribution in [3.8, 4) is 0 Å². The van der Waals surface area contributed by atoms with Crippen LogP contribution in [0.4, 0.5) is 0 Å². The molecule has 0 radical (unpaired) electrons. The fourth-order valence-electron chi connectivity index (χ4n) is 1.44. The number of ketones is 1. The standard InChI is InChI=1S/C13H12ClNOS2/c1-8-7-17-13(15-8)18-9(2)12(16)10-3-5-11(14)6-4-10/h3-7,9H,1-2H3/t9-/m0/s1. The second-order valence-electron chi connectivity index (χ2n) is 3.89. The molecule has 18 heavy (non-hydrogen) atoms. The van der Waals surface area contributed by atoms with Gasteiger partial charge < -0.3 is 0 Å². The van der Waals surface area contributed by atoms with Gasteiger partial charge in [-0.2, -0.15) is 0 Å². The Bertz CT molecular complexity index is 550. The fraction of sp³-hybridized carbons (Fsp3) is 0.231. The fourth-order valence-corrected chi connectivity index (χ4v) is 3.63. The highest BCUT2D eigenvalue weighted by molar-refractivity contribution is 8.02. The van der Waals surface area contributed by atoms with Crippen LogP contribution < -0.4 is 0 Å². The van der Waals surface area contributed by atoms with E-state index in [1.807, 2.05) is 19.2 Å². The van der Waals surface area contributed by atoms with Crippen molar-refractivity contribution in [2.24, 2.45) is 0 Å². The lowest BCUT2D eigenvalue weighted by Gasteiger charge is -2.08. The molecule has 0 saturated heterocycles. The monoisotopic (exact) mass is 297 g/mol. The predicted octanol–water partition coefficient (Wildman–Crippen LogP) is 4.47. The van der Waals surface area contributed by atoms with Gasteiger partial charge >= 0.3 is 0 Å². The second-order valence-corrected chi connectivity index (χ2v) is 6.77. The molecule has 2 rings (SSSR count). The summed E-state index contributed by atoms with van der Waals surface area (Å²) in [5.41, 5.74) is 1.68. The van der Waals surface area contributed by atoms with Gasteiger partial charge in [-0.15, -0.1) is 11.3 Å². The van der Waals surface area contributed by atoms with Gasteiger partial charge in [-0.25, -0.2) is 4.98 Å². The minimum atomic E-state index is -0.142. The molecule has 0 amide bonds. The second kappa shape index (κ2) is 5.87. The van der Waals surface area contributed by atoms with E-state index in [2.05, 4.69) is 4.98 Å². The third-order valence-electron chi connectivity index (χ3n) is 2.37. The zero-order valence-corrected chi connectivity index (χ0v) is 12.4. The number of aromatic nitrogens is 1. The SMILES string of the molecule is Cc1csc(S[C@@H](C)C(=O)c2ccc(Cl)cc2)n1. The molecule has 5 heteroatoms. The van der Waals surface area contributed by atoms with Crippen LogP contribution in [0.15, 0.2) is 34.0 Å². The highest BCUT2D eigenvalue weighted by Crippen LogP contribution is 2.28. The van der Waals surface area contributed by atoms with Crippen LogP contribution in [0.2, 0.25) is 5.02 Å². The van der Waals surface area contributed by atoms with E-state index in [0.29, 0.717) is 10.6 Å². The van der Waals surface area contributed by atoms with Crippen molar-refractivity contribution < 1.29 is 4.79 Å². The van der Waals surface area contributed by atoms with Gasteiger partial charge in [0.05, 0.1) is 5.25 Å². The Morgan fingerprint density at radius 3 is 2.61 bits per heavy atom. The third kappa shape index (κ3) is 3.34. The predicted molar refractivity (Wildman–Crippen MR) is 78.0 cm³/mol. The molecule has 0 aliphatic carbocycles. The molecule has 0 saturated carbocycles. The number of Topliss-reactive ketones (excluding diaryl/α,β-unsaturated/α-hetero) is 1. The molecule has 1 aromatic heterocycles. The van der Waals surface area contributed by atoms with Crippen LogP contribution in [0.5, 0.6) is 0 Å². The van der Waals surface area contributed by atoms with Crippen LogP contribution in [0.3, 0.4) is 0 Å². The number of halogens is 1. The Morgan fingerprint density at radius 2 is 2.06 bits per heavy atom. The first-order valence-corrected chi connectivity index (χ1v) is 7.58. The minimum absolute atomic E-state index is 0.101. The smallest absolute Gasteiger partial charge is 0.175 e. The molecular formula is C13H12ClNOS2. The summed E-state index contributed by atoms with van der Waals surface area (Å²) in [6.45, 7) is 3.85. The van der Waals surface area contributed by atoms with Gasteiger partial charge in [-0.3, -0.25) is 4.79 Å². The van der Waals surface area contributed by atoms with E-state index in [9.17, 15) is 4.79 Å². The van der Waals surface area contributed by atoms with Gasteiger partial charge in [0.25, 0.3) is 0 Å². The number of hydrogen-bond donors (Lipinski definition) is 0. The molecule has 0 aliphatic heterocycles. The van der Waals surface area contributed by atoms with E-state index < -0.39 is 0 Å². The largest absolute Gasteiger partial charge is 0.293 e. The molecule has 2 nitrogen and oxygen atoms in total. The van der Waals surface area contributed by atoms with E-state index in [-0.39, 0.29) is 11.0 Å². The molecule has 1 atom stereocenters. The van der Waals surface area contributed by atoms with Gasteiger partial charge in [-0.05, 0) is 38.1 Å². The Hall–Kier alpha value is -0.840. The summed E-state index contributed by atoms with van der Waals surface area (Å²) in [7, 11) is 0. The van der Waals surface area contributed by atoms with Crippen LogP contribution in [-0.4, -0.2) is 16.0 Å². The molecule has 1 aromatic carbocycles. The van der Waals surface area contributed by atoms with E-state index in [1.54, 1.807) is 35.6 Å². The average molecular weight is 298 g/mol. The van der Waals surface area contributed by atoms with Crippen molar-refractivity contribution in [2.75, 3.05) is 0 Å². The van der Waals surface area contributed by atoms with Crippen molar-refractivity contribution in [2.45, 2.75) is 23.4 Å². The number of carbonyl (C=O) groups is 1. The number of benzene rings is 1. The van der Waals surface area contributed by atoms with Gasteiger partial charge in [0.15, 0.2) is 10.1 Å². The van der Waals surface area contributed by atoms with Gasteiger partial charge in [0.2, 0.25) is 0 Å². The van der Waals surface area contributed by atoms with Crippen molar-refractivity contribution in [3.05, 3.63) is 45.9 Å². The van der Waals surface area contributed by atoms with E-state index >= 15 is 0 Å². The summed E-state index contributed by atoms with van der Waals surface area (Å²) in [6, 6.07) is 6.99. The molecule has 94 valence electrons. The van der Waals surface area contributed by atoms with Gasteiger partial charge in [0.1, 0.15) is 0 Å². The average Bonchev–Trinajstić information content (AvgIpc) is 2.75. The zero-order chi connectivity index (χ0) is 13.1. The zero-order valence-electron chi connectivity index (χ0n) is 10.0. The molecule has 0 aliphatic rings. The van der Waals surface area contributed by atoms with E-state index in [0.717, 1.165) is 10.0 Å². The first-order chi connectivity index (χ1) is 8.56. The number of carbonyl (C=O) groups excluding carboxylic acids is 1. The Kier molecular flexibility index (Phi) is 4.43. The Labute approximate surface area is 119 Å². The number of nitrogens with zero attached hydrogens (tertiary/aromatic N) is 1. The lowest BCUT2D eigenvalue weighted by molar-refractivity contribution is 0.0994. The summed E-state index contributed by atoms with van der Waals surface area (Å²) in [4.78, 5) is 16.5. The first-order valence-electron chi connectivity index (χ1n) is 5.45. The van der Waals surface area contributed by atoms with Crippen molar-refractivity contribution in [1.29, 1.82) is 0 Å². The van der Waals surface area contributed by atoms with Crippen LogP contribution in [0.25, 0.3) is 0 Å². The van der Waals surface area contributed by atoms with Crippen LogP contribution >= 0.6 is 34.7 Å². The molecule has 0 N–H and O–H groups in total. The molecule has 0 bridgehead atoms. The molecular weight excluding hydrogens is 286 g/mol. The number of aryl methyl sites for hydroxylation is 1. The maximum atomic E-state index is 12.2. The van der Waals surface area contributed by atoms with E-state index in [1.165, 1.54) is 11.8 Å². The third-order valence-corrected chi connectivity index (χ3v) is 4.82. The van der Waals surface area contributed by atoms with Gasteiger partial charge in [-0.1, -0.05) is 23.4 Å². The van der Waals surface area contributed by atoms with Crippen LogP contribution in [0.1, 0.15) is 23.0 Å². The summed E-state index contributed by atoms with van der Waals surface area (Å²) >= 11 is 8.87. The topological polar surface area (TPSA) is 30.0 Å². The maximum Gasteiger partial charge on any atom is 0.175 e. The van der Waals surface area contributed by atoms with Crippen molar-refractivity contribution >= 4 is 40.5 Å². The molecule has 0 fully saturated rings. The number of hydrogen-bond acceptors (Lipinski definition) is 4. The minimum Gasteiger partial charge on any atom is -0.293 e. The Balaban J connectivity index is 2.07.